The van der Waals surface area contributed by atoms with Crippen LogP contribution in [0.5, 0.6) is 0 Å². The summed E-state index contributed by atoms with van der Waals surface area (Å²) in [5, 5.41) is 10.3. The lowest BCUT2D eigenvalue weighted by Crippen LogP contribution is -2.55. The van der Waals surface area contributed by atoms with E-state index in [-0.39, 0.29) is 0 Å². The molecule has 0 aromatic heterocycles. The molecule has 1 saturated carbocycles. The molecule has 0 aromatic rings. The van der Waals surface area contributed by atoms with Crippen molar-refractivity contribution >= 4 is 0 Å². The zero-order valence-corrected chi connectivity index (χ0v) is 10.3. The van der Waals surface area contributed by atoms with Gasteiger partial charge in [-0.25, -0.2) is 0 Å². The minimum absolute atomic E-state index is 0.413. The van der Waals surface area contributed by atoms with Crippen molar-refractivity contribution in [2.45, 2.75) is 63.0 Å². The quantitative estimate of drug-likeness (QED) is 0.701. The molecule has 0 spiro atoms. The van der Waals surface area contributed by atoms with Crippen LogP contribution in [0.25, 0.3) is 0 Å². The monoisotopic (exact) mass is 226 g/mol. The Labute approximate surface area is 99.0 Å². The third-order valence-corrected chi connectivity index (χ3v) is 4.31. The Kier molecular flexibility index (Phi) is 4.22. The first-order valence-electron chi connectivity index (χ1n) is 6.90. The molecule has 2 fully saturated rings. The molecule has 2 rings (SSSR count). The molecule has 16 heavy (non-hydrogen) atoms. The molecule has 1 atom stereocenters. The summed E-state index contributed by atoms with van der Waals surface area (Å²) < 4.78 is 0. The Balaban J connectivity index is 1.92. The number of likely N-dealkylation sites (tertiary alicyclic amines) is 1. The van der Waals surface area contributed by atoms with E-state index in [0.29, 0.717) is 12.6 Å². The van der Waals surface area contributed by atoms with Gasteiger partial charge in [0.15, 0.2) is 0 Å². The normalized spacial score (nSPS) is 34.9. The van der Waals surface area contributed by atoms with Crippen molar-refractivity contribution in [1.82, 2.24) is 4.90 Å². The van der Waals surface area contributed by atoms with E-state index in [0.717, 1.165) is 25.9 Å². The third kappa shape index (κ3) is 2.96. The molecule has 0 radical (unpaired) electrons. The Bertz CT molecular complexity index is 214. The number of hydrogen-bond donors (Lipinski definition) is 2. The number of β-amino-alcohol motifs (C(OH)–C–C–N with tert-alkyl or cyclic N) is 1. The van der Waals surface area contributed by atoms with Gasteiger partial charge in [-0.1, -0.05) is 25.7 Å². The molecule has 0 bridgehead atoms. The van der Waals surface area contributed by atoms with Gasteiger partial charge in [0.25, 0.3) is 0 Å². The molecule has 0 aromatic carbocycles. The molecule has 0 amide bonds. The van der Waals surface area contributed by atoms with E-state index < -0.39 is 5.60 Å². The lowest BCUT2D eigenvalue weighted by Gasteiger charge is -2.42. The average molecular weight is 226 g/mol. The van der Waals surface area contributed by atoms with Crippen molar-refractivity contribution in [1.29, 1.82) is 0 Å². The van der Waals surface area contributed by atoms with Crippen LogP contribution in [0.15, 0.2) is 0 Å². The number of nitrogens with two attached hydrogens (primary N) is 1. The Morgan fingerprint density at radius 3 is 2.44 bits per heavy atom. The van der Waals surface area contributed by atoms with Crippen LogP contribution in [-0.4, -0.2) is 41.3 Å². The minimum atomic E-state index is -0.607. The number of rotatable bonds is 2. The standard InChI is InChI=1S/C13H26N2O/c14-10-13(16)8-5-9-15(11-13)12-6-3-1-2-4-7-12/h12,16H,1-11,14H2. The van der Waals surface area contributed by atoms with Crippen LogP contribution < -0.4 is 5.73 Å². The molecule has 3 heteroatoms. The topological polar surface area (TPSA) is 49.5 Å². The van der Waals surface area contributed by atoms with Crippen molar-refractivity contribution in [2.24, 2.45) is 5.73 Å². The van der Waals surface area contributed by atoms with E-state index >= 15 is 0 Å². The summed E-state index contributed by atoms with van der Waals surface area (Å²) >= 11 is 0. The second-order valence-corrected chi connectivity index (χ2v) is 5.65. The van der Waals surface area contributed by atoms with Crippen LogP contribution in [-0.2, 0) is 0 Å². The summed E-state index contributed by atoms with van der Waals surface area (Å²) in [5.74, 6) is 0. The predicted octanol–water partition coefficient (Wildman–Crippen LogP) is 1.49. The van der Waals surface area contributed by atoms with Crippen LogP contribution >= 0.6 is 0 Å². The van der Waals surface area contributed by atoms with Crippen molar-refractivity contribution in [3.8, 4) is 0 Å². The lowest BCUT2D eigenvalue weighted by molar-refractivity contribution is -0.0388. The van der Waals surface area contributed by atoms with Gasteiger partial charge in [0.1, 0.15) is 0 Å². The third-order valence-electron chi connectivity index (χ3n) is 4.31. The van der Waals surface area contributed by atoms with Gasteiger partial charge in [-0.2, -0.15) is 0 Å². The van der Waals surface area contributed by atoms with Crippen LogP contribution in [0.3, 0.4) is 0 Å². The lowest BCUT2D eigenvalue weighted by atomic mass is 9.91. The molecule has 1 heterocycles. The molecule has 3 N–H and O–H groups in total. The summed E-state index contributed by atoms with van der Waals surface area (Å²) in [7, 11) is 0. The molecular formula is C13H26N2O. The van der Waals surface area contributed by atoms with E-state index in [9.17, 15) is 5.11 Å². The van der Waals surface area contributed by atoms with Gasteiger partial charge in [-0.05, 0) is 32.2 Å². The highest BCUT2D eigenvalue weighted by Crippen LogP contribution is 2.27. The highest BCUT2D eigenvalue weighted by atomic mass is 16.3. The average Bonchev–Trinajstić information content (AvgIpc) is 2.58. The van der Waals surface area contributed by atoms with E-state index in [1.807, 2.05) is 0 Å². The minimum Gasteiger partial charge on any atom is -0.387 e. The van der Waals surface area contributed by atoms with Gasteiger partial charge in [0, 0.05) is 19.1 Å². The molecule has 1 aliphatic heterocycles. The smallest absolute Gasteiger partial charge is 0.0896 e. The predicted molar refractivity (Wildman–Crippen MR) is 66.3 cm³/mol. The van der Waals surface area contributed by atoms with E-state index in [4.69, 9.17) is 5.73 Å². The molecule has 94 valence electrons. The highest BCUT2D eigenvalue weighted by Gasteiger charge is 2.34. The Morgan fingerprint density at radius 1 is 1.12 bits per heavy atom. The number of aliphatic hydroxyl groups is 1. The molecule has 3 nitrogen and oxygen atoms in total. The second-order valence-electron chi connectivity index (χ2n) is 5.65. The summed E-state index contributed by atoms with van der Waals surface area (Å²) in [5.41, 5.74) is 5.08. The molecule has 1 saturated heterocycles. The van der Waals surface area contributed by atoms with Crippen molar-refractivity contribution in [3.63, 3.8) is 0 Å². The van der Waals surface area contributed by atoms with Crippen LogP contribution in [0.2, 0.25) is 0 Å². The van der Waals surface area contributed by atoms with Gasteiger partial charge >= 0.3 is 0 Å². The highest BCUT2D eigenvalue weighted by molar-refractivity contribution is 4.90. The number of hydrogen-bond acceptors (Lipinski definition) is 3. The Hall–Kier alpha value is -0.120. The van der Waals surface area contributed by atoms with Gasteiger partial charge in [0.2, 0.25) is 0 Å². The summed E-state index contributed by atoms with van der Waals surface area (Å²) in [6.07, 6.45) is 10.1. The zero-order chi connectivity index (χ0) is 11.4. The fraction of sp³-hybridized carbons (Fsp3) is 1.00. The maximum Gasteiger partial charge on any atom is 0.0896 e. The fourth-order valence-corrected chi connectivity index (χ4v) is 3.25. The molecular weight excluding hydrogens is 200 g/mol. The zero-order valence-electron chi connectivity index (χ0n) is 10.3. The summed E-state index contributed by atoms with van der Waals surface area (Å²) in [6, 6.07) is 0.709. The van der Waals surface area contributed by atoms with E-state index in [1.54, 1.807) is 0 Å². The molecule has 1 aliphatic carbocycles. The summed E-state index contributed by atoms with van der Waals surface area (Å²) in [4.78, 5) is 2.50. The van der Waals surface area contributed by atoms with Gasteiger partial charge in [-0.15, -0.1) is 0 Å². The number of nitrogens with zero attached hydrogens (tertiary/aromatic N) is 1. The van der Waals surface area contributed by atoms with Gasteiger partial charge in [-0.3, -0.25) is 4.90 Å². The second kappa shape index (κ2) is 5.48. The first-order valence-corrected chi connectivity index (χ1v) is 6.90. The van der Waals surface area contributed by atoms with Crippen LogP contribution in [0.1, 0.15) is 51.4 Å². The van der Waals surface area contributed by atoms with Gasteiger partial charge in [0.05, 0.1) is 5.60 Å². The molecule has 1 unspecified atom stereocenters. The van der Waals surface area contributed by atoms with Gasteiger partial charge < -0.3 is 10.8 Å². The summed E-state index contributed by atoms with van der Waals surface area (Å²) in [6.45, 7) is 2.37. The van der Waals surface area contributed by atoms with Crippen molar-refractivity contribution in [2.75, 3.05) is 19.6 Å². The first kappa shape index (κ1) is 12.3. The van der Waals surface area contributed by atoms with E-state index in [1.165, 1.54) is 38.5 Å². The van der Waals surface area contributed by atoms with Crippen molar-refractivity contribution in [3.05, 3.63) is 0 Å². The largest absolute Gasteiger partial charge is 0.387 e. The first-order chi connectivity index (χ1) is 7.73. The number of piperidine rings is 1. The molecule has 2 aliphatic rings. The fourth-order valence-electron chi connectivity index (χ4n) is 3.25. The van der Waals surface area contributed by atoms with Crippen molar-refractivity contribution < 1.29 is 5.11 Å². The van der Waals surface area contributed by atoms with Crippen LogP contribution in [0.4, 0.5) is 0 Å². The van der Waals surface area contributed by atoms with E-state index in [2.05, 4.69) is 4.90 Å². The van der Waals surface area contributed by atoms with Crippen LogP contribution in [0, 0.1) is 0 Å². The maximum atomic E-state index is 10.3. The Morgan fingerprint density at radius 2 is 1.81 bits per heavy atom. The maximum absolute atomic E-state index is 10.3. The SMILES string of the molecule is NCC1(O)CCCN(C2CCCCCC2)C1.